The van der Waals surface area contributed by atoms with E-state index in [1.807, 2.05) is 19.2 Å². The predicted octanol–water partition coefficient (Wildman–Crippen LogP) is 3.93. The number of anilines is 1. The Morgan fingerprint density at radius 2 is 1.90 bits per heavy atom. The topological polar surface area (TPSA) is 102 Å². The molecular formula is C21H25NO6S. The van der Waals surface area contributed by atoms with E-state index < -0.39 is 24.5 Å². The predicted molar refractivity (Wildman–Crippen MR) is 111 cm³/mol. The molecule has 2 N–H and O–H groups in total. The maximum Gasteiger partial charge on any atom is 0.342 e. The molecule has 0 atom stereocenters. The van der Waals surface area contributed by atoms with Crippen molar-refractivity contribution in [2.24, 2.45) is 5.92 Å². The van der Waals surface area contributed by atoms with Gasteiger partial charge in [-0.2, -0.15) is 0 Å². The molecule has 156 valence electrons. The molecular weight excluding hydrogens is 394 g/mol. The van der Waals surface area contributed by atoms with Crippen LogP contribution in [0.4, 0.5) is 5.00 Å². The van der Waals surface area contributed by atoms with Crippen molar-refractivity contribution in [3.8, 4) is 5.75 Å². The third kappa shape index (κ3) is 5.80. The molecule has 2 rings (SSSR count). The summed E-state index contributed by atoms with van der Waals surface area (Å²) in [6, 6.07) is 4.68. The number of phenolic OH excluding ortho intramolecular Hbond substituents is 1. The summed E-state index contributed by atoms with van der Waals surface area (Å²) in [5.41, 5.74) is 1.65. The molecule has 1 aromatic carbocycles. The van der Waals surface area contributed by atoms with Gasteiger partial charge in [0.25, 0.3) is 5.91 Å². The average Bonchev–Trinajstić information content (AvgIpc) is 3.03. The molecule has 1 amide bonds. The molecule has 0 fully saturated rings. The van der Waals surface area contributed by atoms with Gasteiger partial charge >= 0.3 is 11.9 Å². The summed E-state index contributed by atoms with van der Waals surface area (Å²) in [4.78, 5) is 36.7. The van der Waals surface area contributed by atoms with Crippen LogP contribution in [0.15, 0.2) is 23.6 Å². The number of aryl methyl sites for hydroxylation is 1. The first-order valence-corrected chi connectivity index (χ1v) is 10.2. The zero-order valence-corrected chi connectivity index (χ0v) is 17.7. The fourth-order valence-corrected chi connectivity index (χ4v) is 3.68. The van der Waals surface area contributed by atoms with Crippen molar-refractivity contribution in [2.45, 2.75) is 34.1 Å². The van der Waals surface area contributed by atoms with Crippen LogP contribution in [0.25, 0.3) is 0 Å². The lowest BCUT2D eigenvalue weighted by Gasteiger charge is -2.10. The molecule has 0 radical (unpaired) electrons. The first kappa shape index (κ1) is 22.4. The van der Waals surface area contributed by atoms with Crippen molar-refractivity contribution in [2.75, 3.05) is 18.5 Å². The summed E-state index contributed by atoms with van der Waals surface area (Å²) in [5.74, 6) is -1.75. The number of carbonyl (C=O) groups excluding carboxylic acids is 3. The maximum absolute atomic E-state index is 12.4. The van der Waals surface area contributed by atoms with Gasteiger partial charge in [0.1, 0.15) is 16.3 Å². The third-order valence-electron chi connectivity index (χ3n) is 4.02. The Bertz CT molecular complexity index is 903. The molecule has 0 aliphatic heterocycles. The second-order valence-corrected chi connectivity index (χ2v) is 7.76. The zero-order valence-electron chi connectivity index (χ0n) is 16.9. The van der Waals surface area contributed by atoms with Crippen LogP contribution in [0.2, 0.25) is 0 Å². The van der Waals surface area contributed by atoms with Gasteiger partial charge in [-0.3, -0.25) is 4.79 Å². The van der Waals surface area contributed by atoms with Crippen molar-refractivity contribution in [1.82, 2.24) is 0 Å². The number of esters is 2. The quantitative estimate of drug-likeness (QED) is 0.629. The number of carbonyl (C=O) groups is 3. The molecule has 0 aliphatic carbocycles. The molecule has 2 aromatic rings. The Labute approximate surface area is 173 Å². The van der Waals surface area contributed by atoms with Crippen LogP contribution in [-0.2, 0) is 20.7 Å². The first-order valence-electron chi connectivity index (χ1n) is 9.27. The molecule has 7 nitrogen and oxygen atoms in total. The van der Waals surface area contributed by atoms with E-state index in [2.05, 4.69) is 5.32 Å². The smallest absolute Gasteiger partial charge is 0.342 e. The number of nitrogens with one attached hydrogen (secondary N) is 1. The number of hydrogen-bond acceptors (Lipinski definition) is 7. The van der Waals surface area contributed by atoms with Gasteiger partial charge in [-0.05, 0) is 48.8 Å². The number of para-hydroxylation sites is 1. The highest BCUT2D eigenvalue weighted by Crippen LogP contribution is 2.31. The fourth-order valence-electron chi connectivity index (χ4n) is 2.70. The summed E-state index contributed by atoms with van der Waals surface area (Å²) < 4.78 is 10.1. The second-order valence-electron chi connectivity index (χ2n) is 6.88. The Morgan fingerprint density at radius 3 is 2.55 bits per heavy atom. The highest BCUT2D eigenvalue weighted by atomic mass is 32.1. The van der Waals surface area contributed by atoms with E-state index in [0.29, 0.717) is 28.5 Å². The second kappa shape index (κ2) is 10.1. The average molecular weight is 419 g/mol. The van der Waals surface area contributed by atoms with Gasteiger partial charge < -0.3 is 19.9 Å². The van der Waals surface area contributed by atoms with Crippen LogP contribution in [0.3, 0.4) is 0 Å². The molecule has 0 aliphatic rings. The summed E-state index contributed by atoms with van der Waals surface area (Å²) >= 11 is 1.22. The number of benzene rings is 1. The van der Waals surface area contributed by atoms with Gasteiger partial charge in [-0.25, -0.2) is 9.59 Å². The number of ether oxygens (including phenoxy) is 2. The zero-order chi connectivity index (χ0) is 21.6. The van der Waals surface area contributed by atoms with E-state index in [0.717, 1.165) is 5.56 Å². The largest absolute Gasteiger partial charge is 0.507 e. The number of hydrogen-bond donors (Lipinski definition) is 2. The minimum absolute atomic E-state index is 0.0136. The highest BCUT2D eigenvalue weighted by molar-refractivity contribution is 7.15. The monoisotopic (exact) mass is 419 g/mol. The molecule has 0 spiro atoms. The fraction of sp³-hybridized carbons (Fsp3) is 0.381. The third-order valence-corrected chi connectivity index (χ3v) is 4.96. The van der Waals surface area contributed by atoms with Crippen LogP contribution in [-0.4, -0.2) is 36.2 Å². The lowest BCUT2D eigenvalue weighted by Crippen LogP contribution is -2.22. The van der Waals surface area contributed by atoms with Crippen molar-refractivity contribution in [3.05, 3.63) is 45.8 Å². The van der Waals surface area contributed by atoms with Gasteiger partial charge in [0, 0.05) is 0 Å². The lowest BCUT2D eigenvalue weighted by atomic mass is 10.0. The summed E-state index contributed by atoms with van der Waals surface area (Å²) in [7, 11) is 0. The molecule has 8 heteroatoms. The number of thiophene rings is 1. The van der Waals surface area contributed by atoms with Gasteiger partial charge in [-0.15, -0.1) is 11.3 Å². The van der Waals surface area contributed by atoms with Crippen LogP contribution < -0.4 is 5.32 Å². The molecule has 0 saturated heterocycles. The first-order chi connectivity index (χ1) is 13.7. The number of phenols is 1. The minimum Gasteiger partial charge on any atom is -0.507 e. The maximum atomic E-state index is 12.4. The highest BCUT2D eigenvalue weighted by Gasteiger charge is 2.23. The Hall–Kier alpha value is -2.87. The van der Waals surface area contributed by atoms with Crippen LogP contribution in [0, 0.1) is 12.8 Å². The van der Waals surface area contributed by atoms with Gasteiger partial charge in [0.05, 0.1) is 12.2 Å². The molecule has 29 heavy (non-hydrogen) atoms. The normalized spacial score (nSPS) is 10.7. The molecule has 0 bridgehead atoms. The summed E-state index contributed by atoms with van der Waals surface area (Å²) in [6.07, 6.45) is 0.669. The Morgan fingerprint density at radius 1 is 1.17 bits per heavy atom. The molecule has 0 unspecified atom stereocenters. The van der Waals surface area contributed by atoms with E-state index in [4.69, 9.17) is 9.47 Å². The number of amides is 1. The number of rotatable bonds is 8. The lowest BCUT2D eigenvalue weighted by molar-refractivity contribution is -0.119. The van der Waals surface area contributed by atoms with E-state index in [-0.39, 0.29) is 17.9 Å². The van der Waals surface area contributed by atoms with Crippen molar-refractivity contribution >= 4 is 34.2 Å². The SMILES string of the molecule is CCOC(=O)c1c(CC(C)C)csc1NC(=O)COC(=O)c1cccc(C)c1O. The van der Waals surface area contributed by atoms with Crippen molar-refractivity contribution in [3.63, 3.8) is 0 Å². The molecule has 1 aromatic heterocycles. The van der Waals surface area contributed by atoms with Crippen LogP contribution in [0.1, 0.15) is 52.6 Å². The van der Waals surface area contributed by atoms with Crippen molar-refractivity contribution < 1.29 is 29.0 Å². The van der Waals surface area contributed by atoms with Crippen molar-refractivity contribution in [1.29, 1.82) is 0 Å². The van der Waals surface area contributed by atoms with E-state index >= 15 is 0 Å². The molecule has 1 heterocycles. The minimum atomic E-state index is -0.807. The number of aromatic hydroxyl groups is 1. The standard InChI is InChI=1S/C21H25NO6S/c1-5-27-21(26)17-14(9-12(2)3)11-29-19(17)22-16(23)10-28-20(25)15-8-6-7-13(4)18(15)24/h6-8,11-12,24H,5,9-10H2,1-4H3,(H,22,23). The summed E-state index contributed by atoms with van der Waals surface area (Å²) in [6.45, 7) is 7.11. The van der Waals surface area contributed by atoms with E-state index in [1.54, 1.807) is 26.0 Å². The van der Waals surface area contributed by atoms with Crippen LogP contribution >= 0.6 is 11.3 Å². The van der Waals surface area contributed by atoms with Crippen LogP contribution in [0.5, 0.6) is 5.75 Å². The van der Waals surface area contributed by atoms with E-state index in [1.165, 1.54) is 17.4 Å². The van der Waals surface area contributed by atoms with Gasteiger partial charge in [0.15, 0.2) is 6.61 Å². The van der Waals surface area contributed by atoms with E-state index in [9.17, 15) is 19.5 Å². The van der Waals surface area contributed by atoms with Gasteiger partial charge in [-0.1, -0.05) is 26.0 Å². The summed E-state index contributed by atoms with van der Waals surface area (Å²) in [5, 5.41) is 14.7. The Balaban J connectivity index is 2.08. The van der Waals surface area contributed by atoms with Gasteiger partial charge in [0.2, 0.25) is 0 Å². The Kier molecular flexibility index (Phi) is 7.78. The molecule has 0 saturated carbocycles.